The minimum Gasteiger partial charge on any atom is -0.369 e. The largest absolute Gasteiger partial charge is 0.369 e. The third-order valence-electron chi connectivity index (χ3n) is 5.18. The second kappa shape index (κ2) is 9.43. The molecule has 0 amide bonds. The Bertz CT molecular complexity index is 947. The summed E-state index contributed by atoms with van der Waals surface area (Å²) in [6.07, 6.45) is 0.645. The number of rotatable bonds is 7. The van der Waals surface area contributed by atoms with Crippen LogP contribution in [0.25, 0.3) is 0 Å². The van der Waals surface area contributed by atoms with Gasteiger partial charge in [-0.25, -0.2) is 17.5 Å². The molecule has 158 valence electrons. The Labute approximate surface area is 177 Å². The fourth-order valence-electron chi connectivity index (χ4n) is 3.51. The topological polar surface area (TPSA) is 52.6 Å². The Hall–Kier alpha value is -1.67. The molecule has 2 aromatic carbocycles. The number of benzene rings is 2. The molecule has 29 heavy (non-hydrogen) atoms. The molecule has 1 atom stereocenters. The smallest absolute Gasteiger partial charge is 0.243 e. The summed E-state index contributed by atoms with van der Waals surface area (Å²) in [6, 6.07) is 12.2. The van der Waals surface area contributed by atoms with Crippen LogP contribution in [0.3, 0.4) is 0 Å². The molecule has 1 N–H and O–H groups in total. The van der Waals surface area contributed by atoms with Crippen molar-refractivity contribution >= 4 is 27.3 Å². The van der Waals surface area contributed by atoms with Gasteiger partial charge in [-0.15, -0.1) is 0 Å². The lowest BCUT2D eigenvalue weighted by atomic mass is 10.2. The Kier molecular flexibility index (Phi) is 7.16. The van der Waals surface area contributed by atoms with Crippen LogP contribution in [0.1, 0.15) is 18.9 Å². The van der Waals surface area contributed by atoms with Gasteiger partial charge in [0.1, 0.15) is 4.90 Å². The number of hydrogen-bond donors (Lipinski definition) is 1. The Morgan fingerprint density at radius 3 is 2.52 bits per heavy atom. The Balaban J connectivity index is 1.49. The van der Waals surface area contributed by atoms with Crippen LogP contribution in [-0.2, 0) is 10.0 Å². The molecule has 1 fully saturated rings. The highest BCUT2D eigenvalue weighted by Gasteiger charge is 2.23. The molecule has 0 saturated carbocycles. The van der Waals surface area contributed by atoms with Crippen molar-refractivity contribution in [3.8, 4) is 0 Å². The van der Waals surface area contributed by atoms with Crippen LogP contribution in [-0.4, -0.2) is 52.1 Å². The van der Waals surface area contributed by atoms with Crippen molar-refractivity contribution in [2.24, 2.45) is 0 Å². The van der Waals surface area contributed by atoms with Gasteiger partial charge in [-0.3, -0.25) is 4.90 Å². The first-order chi connectivity index (χ1) is 13.8. The number of sulfonamides is 1. The van der Waals surface area contributed by atoms with Crippen LogP contribution in [0, 0.1) is 12.7 Å². The summed E-state index contributed by atoms with van der Waals surface area (Å²) in [6.45, 7) is 8.41. The maximum absolute atomic E-state index is 14.1. The molecule has 1 unspecified atom stereocenters. The summed E-state index contributed by atoms with van der Waals surface area (Å²) in [7, 11) is -3.95. The molecule has 5 nitrogen and oxygen atoms in total. The standard InChI is InChI=1S/C21H27ClFN3O2S/c1-16-5-3-6-18(15-16)26-13-11-25(12-14-26)10-9-17(2)24-29(27,28)20-8-4-7-19(22)21(20)23/h3-8,15,17,24H,9-14H2,1-2H3. The number of hydrogen-bond acceptors (Lipinski definition) is 4. The Morgan fingerprint density at radius 2 is 1.83 bits per heavy atom. The normalized spacial score (nSPS) is 16.8. The van der Waals surface area contributed by atoms with E-state index in [1.165, 1.54) is 29.4 Å². The van der Waals surface area contributed by atoms with Crippen LogP contribution in [0.5, 0.6) is 0 Å². The van der Waals surface area contributed by atoms with E-state index < -0.39 is 20.7 Å². The monoisotopic (exact) mass is 439 g/mol. The average Bonchev–Trinajstić information content (AvgIpc) is 2.68. The lowest BCUT2D eigenvalue weighted by Gasteiger charge is -2.36. The van der Waals surface area contributed by atoms with Gasteiger partial charge >= 0.3 is 0 Å². The van der Waals surface area contributed by atoms with Gasteiger partial charge in [0.25, 0.3) is 0 Å². The molecular weight excluding hydrogens is 413 g/mol. The summed E-state index contributed by atoms with van der Waals surface area (Å²) >= 11 is 5.71. The molecule has 1 heterocycles. The lowest BCUT2D eigenvalue weighted by molar-refractivity contribution is 0.248. The van der Waals surface area contributed by atoms with Crippen LogP contribution in [0.4, 0.5) is 10.1 Å². The van der Waals surface area contributed by atoms with Crippen LogP contribution in [0.2, 0.25) is 5.02 Å². The zero-order chi connectivity index (χ0) is 21.0. The third-order valence-corrected chi connectivity index (χ3v) is 7.08. The predicted octanol–water partition coefficient (Wildman–Crippen LogP) is 3.67. The van der Waals surface area contributed by atoms with Gasteiger partial charge in [0.05, 0.1) is 5.02 Å². The van der Waals surface area contributed by atoms with Gasteiger partial charge in [0.2, 0.25) is 10.0 Å². The molecule has 0 spiro atoms. The minimum absolute atomic E-state index is 0.202. The number of nitrogens with one attached hydrogen (secondary N) is 1. The summed E-state index contributed by atoms with van der Waals surface area (Å²) < 4.78 is 41.5. The maximum atomic E-state index is 14.1. The van der Waals surface area contributed by atoms with E-state index in [0.717, 1.165) is 32.7 Å². The fraction of sp³-hybridized carbons (Fsp3) is 0.429. The molecule has 3 rings (SSSR count). The van der Waals surface area contributed by atoms with Gasteiger partial charge in [0, 0.05) is 37.9 Å². The number of nitrogens with zero attached hydrogens (tertiary/aromatic N) is 2. The fourth-order valence-corrected chi connectivity index (χ4v) is 5.12. The van der Waals surface area contributed by atoms with Gasteiger partial charge < -0.3 is 4.90 Å². The van der Waals surface area contributed by atoms with Crippen molar-refractivity contribution in [2.75, 3.05) is 37.6 Å². The van der Waals surface area contributed by atoms with Gasteiger partial charge in [0.15, 0.2) is 5.82 Å². The van der Waals surface area contributed by atoms with Gasteiger partial charge in [-0.2, -0.15) is 0 Å². The third kappa shape index (κ3) is 5.69. The van der Waals surface area contributed by atoms with E-state index in [9.17, 15) is 12.8 Å². The summed E-state index contributed by atoms with van der Waals surface area (Å²) in [5.41, 5.74) is 2.50. The molecule has 0 aliphatic carbocycles. The first-order valence-corrected chi connectivity index (χ1v) is 11.6. The molecule has 8 heteroatoms. The van der Waals surface area contributed by atoms with Crippen LogP contribution < -0.4 is 9.62 Å². The lowest BCUT2D eigenvalue weighted by Crippen LogP contribution is -2.47. The van der Waals surface area contributed by atoms with E-state index in [0.29, 0.717) is 6.42 Å². The number of piperazine rings is 1. The molecule has 0 radical (unpaired) electrons. The van der Waals surface area contributed by atoms with Gasteiger partial charge in [-0.1, -0.05) is 29.8 Å². The second-order valence-corrected chi connectivity index (χ2v) is 9.62. The van der Waals surface area contributed by atoms with Crippen LogP contribution in [0.15, 0.2) is 47.4 Å². The van der Waals surface area contributed by atoms with E-state index >= 15 is 0 Å². The quantitative estimate of drug-likeness (QED) is 0.715. The molecule has 0 aromatic heterocycles. The number of halogens is 2. The van der Waals surface area contributed by atoms with E-state index in [-0.39, 0.29) is 11.1 Å². The van der Waals surface area contributed by atoms with E-state index in [1.807, 2.05) is 0 Å². The molecular formula is C21H27ClFN3O2S. The predicted molar refractivity (Wildman–Crippen MR) is 116 cm³/mol. The van der Waals surface area contributed by atoms with Crippen molar-refractivity contribution in [3.63, 3.8) is 0 Å². The van der Waals surface area contributed by atoms with Crippen LogP contribution >= 0.6 is 11.6 Å². The van der Waals surface area contributed by atoms with E-state index in [1.54, 1.807) is 6.92 Å². The highest BCUT2D eigenvalue weighted by Crippen LogP contribution is 2.22. The van der Waals surface area contributed by atoms with E-state index in [2.05, 4.69) is 45.7 Å². The van der Waals surface area contributed by atoms with Crippen molar-refractivity contribution in [1.82, 2.24) is 9.62 Å². The second-order valence-electron chi connectivity index (χ2n) is 7.53. The van der Waals surface area contributed by atoms with Crippen molar-refractivity contribution in [1.29, 1.82) is 0 Å². The SMILES string of the molecule is Cc1cccc(N2CCN(CCC(C)NS(=O)(=O)c3cccc(Cl)c3F)CC2)c1. The number of aryl methyl sites for hydroxylation is 1. The van der Waals surface area contributed by atoms with E-state index in [4.69, 9.17) is 11.6 Å². The summed E-state index contributed by atoms with van der Waals surface area (Å²) in [4.78, 5) is 4.29. The van der Waals surface area contributed by atoms with Crippen molar-refractivity contribution in [2.45, 2.75) is 31.2 Å². The first kappa shape index (κ1) is 22.0. The molecule has 2 aromatic rings. The summed E-state index contributed by atoms with van der Waals surface area (Å²) in [5.74, 6) is -0.916. The minimum atomic E-state index is -3.95. The zero-order valence-corrected chi connectivity index (χ0v) is 18.3. The highest BCUT2D eigenvalue weighted by atomic mass is 35.5. The first-order valence-electron chi connectivity index (χ1n) is 9.76. The zero-order valence-electron chi connectivity index (χ0n) is 16.7. The summed E-state index contributed by atoms with van der Waals surface area (Å²) in [5, 5.41) is -0.202. The Morgan fingerprint density at radius 1 is 1.14 bits per heavy atom. The highest BCUT2D eigenvalue weighted by molar-refractivity contribution is 7.89. The molecule has 1 aliphatic rings. The average molecular weight is 440 g/mol. The van der Waals surface area contributed by atoms with Gasteiger partial charge in [-0.05, 0) is 56.6 Å². The molecule has 0 bridgehead atoms. The molecule has 1 aliphatic heterocycles. The molecule has 1 saturated heterocycles. The maximum Gasteiger partial charge on any atom is 0.243 e. The van der Waals surface area contributed by atoms with Crippen molar-refractivity contribution in [3.05, 3.63) is 58.9 Å². The van der Waals surface area contributed by atoms with Crippen molar-refractivity contribution < 1.29 is 12.8 Å². The number of anilines is 1.